The summed E-state index contributed by atoms with van der Waals surface area (Å²) in [6.07, 6.45) is -0.128. The molecule has 4 nitrogen and oxygen atoms in total. The summed E-state index contributed by atoms with van der Waals surface area (Å²) in [6.45, 7) is 14.0. The zero-order valence-corrected chi connectivity index (χ0v) is 20.0. The van der Waals surface area contributed by atoms with Crippen LogP contribution in [0.1, 0.15) is 68.9 Å². The van der Waals surface area contributed by atoms with Gasteiger partial charge in [-0.3, -0.25) is 4.79 Å². The van der Waals surface area contributed by atoms with E-state index in [-0.39, 0.29) is 22.8 Å². The Hall–Kier alpha value is -2.51. The lowest BCUT2D eigenvalue weighted by molar-refractivity contribution is -0.0821. The third-order valence-electron chi connectivity index (χ3n) is 6.04. The summed E-state index contributed by atoms with van der Waals surface area (Å²) in [6, 6.07) is 15.2. The van der Waals surface area contributed by atoms with Crippen molar-refractivity contribution in [3.63, 3.8) is 0 Å². The Morgan fingerprint density at radius 3 is 2.16 bits per heavy atom. The third-order valence-corrected chi connectivity index (χ3v) is 6.36. The van der Waals surface area contributed by atoms with E-state index in [0.29, 0.717) is 40.9 Å². The zero-order chi connectivity index (χ0) is 23.0. The van der Waals surface area contributed by atoms with Gasteiger partial charge >= 0.3 is 0 Å². The highest BCUT2D eigenvalue weighted by Crippen LogP contribution is 2.43. The van der Waals surface area contributed by atoms with Gasteiger partial charge in [-0.25, -0.2) is 0 Å². The van der Waals surface area contributed by atoms with Crippen LogP contribution < -0.4 is 4.74 Å². The molecule has 31 heavy (non-hydrogen) atoms. The Morgan fingerprint density at radius 2 is 1.68 bits per heavy atom. The van der Waals surface area contributed by atoms with Gasteiger partial charge in [0.1, 0.15) is 17.9 Å². The molecule has 0 saturated carbocycles. The first kappa shape index (κ1) is 23.2. The molecular formula is C26H31ClN2O2. The molecule has 0 spiro atoms. The zero-order valence-electron chi connectivity index (χ0n) is 19.2. The van der Waals surface area contributed by atoms with Crippen molar-refractivity contribution in [1.82, 2.24) is 4.90 Å². The van der Waals surface area contributed by atoms with E-state index < -0.39 is 0 Å². The summed E-state index contributed by atoms with van der Waals surface area (Å²) >= 11 is 6.20. The highest BCUT2D eigenvalue weighted by atomic mass is 35.5. The van der Waals surface area contributed by atoms with Crippen molar-refractivity contribution in [1.29, 1.82) is 5.26 Å². The molecule has 5 heteroatoms. The number of nitrogens with zero attached hydrogens (tertiary/aromatic N) is 2. The second-order valence-corrected chi connectivity index (χ2v) is 10.6. The fourth-order valence-electron chi connectivity index (χ4n) is 4.72. The van der Waals surface area contributed by atoms with E-state index in [1.807, 2.05) is 29.2 Å². The van der Waals surface area contributed by atoms with Gasteiger partial charge in [0.15, 0.2) is 0 Å². The smallest absolute Gasteiger partial charge is 0.253 e. The normalized spacial score (nSPS) is 18.0. The average molecular weight is 439 g/mol. The first-order chi connectivity index (χ1) is 14.4. The lowest BCUT2D eigenvalue weighted by Crippen LogP contribution is -2.61. The Morgan fingerprint density at radius 1 is 1.10 bits per heavy atom. The number of rotatable bonds is 4. The minimum Gasteiger partial charge on any atom is -0.489 e. The number of hydrogen-bond donors (Lipinski definition) is 0. The predicted octanol–water partition coefficient (Wildman–Crippen LogP) is 6.29. The molecule has 0 bridgehead atoms. The minimum atomic E-state index is -0.282. The van der Waals surface area contributed by atoms with E-state index in [4.69, 9.17) is 21.6 Å². The van der Waals surface area contributed by atoms with Gasteiger partial charge in [-0.15, -0.1) is 0 Å². The molecule has 0 unspecified atom stereocenters. The molecule has 0 radical (unpaired) electrons. The van der Waals surface area contributed by atoms with Crippen molar-refractivity contribution in [3.8, 4) is 11.8 Å². The maximum absolute atomic E-state index is 13.3. The fourth-order valence-corrected chi connectivity index (χ4v) is 4.93. The Kier molecular flexibility index (Phi) is 6.39. The summed E-state index contributed by atoms with van der Waals surface area (Å²) in [4.78, 5) is 15.2. The van der Waals surface area contributed by atoms with E-state index in [2.05, 4.69) is 47.6 Å². The largest absolute Gasteiger partial charge is 0.489 e. The van der Waals surface area contributed by atoms with Crippen molar-refractivity contribution in [2.75, 3.05) is 13.1 Å². The van der Waals surface area contributed by atoms with Gasteiger partial charge < -0.3 is 9.64 Å². The van der Waals surface area contributed by atoms with Crippen molar-refractivity contribution in [3.05, 3.63) is 64.2 Å². The summed E-state index contributed by atoms with van der Waals surface area (Å²) in [5.74, 6) is 1.13. The molecule has 3 rings (SSSR count). The first-order valence-corrected chi connectivity index (χ1v) is 11.1. The fraction of sp³-hybridized carbons (Fsp3) is 0.462. The number of ether oxygens (including phenoxy) is 1. The van der Waals surface area contributed by atoms with Gasteiger partial charge in [-0.05, 0) is 35.7 Å². The monoisotopic (exact) mass is 438 g/mol. The highest BCUT2D eigenvalue weighted by molar-refractivity contribution is 6.31. The molecule has 0 aromatic heterocycles. The SMILES string of the molecule is CC(C)c1ccc(C(=O)N2CC(C)(C)C(Oc3ccc(C#N)c(Cl)c3)C(C)(C)C2)cc1. The summed E-state index contributed by atoms with van der Waals surface area (Å²) < 4.78 is 6.41. The van der Waals surface area contributed by atoms with Crippen molar-refractivity contribution >= 4 is 17.5 Å². The number of carbonyl (C=O) groups is 1. The van der Waals surface area contributed by atoms with Crippen LogP contribution in [0, 0.1) is 22.2 Å². The van der Waals surface area contributed by atoms with Crippen molar-refractivity contribution in [2.24, 2.45) is 10.8 Å². The number of likely N-dealkylation sites (tertiary alicyclic amines) is 1. The van der Waals surface area contributed by atoms with Crippen LogP contribution in [-0.4, -0.2) is 30.0 Å². The van der Waals surface area contributed by atoms with E-state index in [9.17, 15) is 4.79 Å². The number of piperidine rings is 1. The van der Waals surface area contributed by atoms with Crippen LogP contribution in [-0.2, 0) is 0 Å². The molecule has 1 aliphatic heterocycles. The maximum Gasteiger partial charge on any atom is 0.253 e. The summed E-state index contributed by atoms with van der Waals surface area (Å²) in [5.41, 5.74) is 1.81. The highest BCUT2D eigenvalue weighted by Gasteiger charge is 2.50. The second kappa shape index (κ2) is 8.55. The van der Waals surface area contributed by atoms with E-state index in [1.165, 1.54) is 5.56 Å². The molecule has 1 saturated heterocycles. The van der Waals surface area contributed by atoms with E-state index in [0.717, 1.165) is 0 Å². The van der Waals surface area contributed by atoms with Gasteiger partial charge in [-0.2, -0.15) is 5.26 Å². The number of nitriles is 1. The summed E-state index contributed by atoms with van der Waals surface area (Å²) in [5, 5.41) is 9.48. The van der Waals surface area contributed by atoms with Gasteiger partial charge in [0, 0.05) is 35.5 Å². The number of benzene rings is 2. The second-order valence-electron chi connectivity index (χ2n) is 10.2. The van der Waals surface area contributed by atoms with E-state index in [1.54, 1.807) is 18.2 Å². The standard InChI is InChI=1S/C26H31ClN2O2/c1-17(2)18-7-9-19(10-8-18)23(30)29-15-25(3,4)24(26(5,6)16-29)31-21-12-11-20(14-28)22(27)13-21/h7-13,17,24H,15-16H2,1-6H3. The molecular weight excluding hydrogens is 408 g/mol. The van der Waals surface area contributed by atoms with Crippen LogP contribution in [0.15, 0.2) is 42.5 Å². The van der Waals surface area contributed by atoms with E-state index >= 15 is 0 Å². The lowest BCUT2D eigenvalue weighted by Gasteiger charge is -2.52. The molecule has 2 aromatic rings. The van der Waals surface area contributed by atoms with Crippen LogP contribution in [0.25, 0.3) is 0 Å². The maximum atomic E-state index is 13.3. The van der Waals surface area contributed by atoms with Crippen LogP contribution in [0.4, 0.5) is 0 Å². The molecule has 164 valence electrons. The van der Waals surface area contributed by atoms with Crippen LogP contribution in [0.2, 0.25) is 5.02 Å². The van der Waals surface area contributed by atoms with Gasteiger partial charge in [-0.1, -0.05) is 65.3 Å². The van der Waals surface area contributed by atoms with Gasteiger partial charge in [0.2, 0.25) is 0 Å². The number of halogens is 1. The van der Waals surface area contributed by atoms with Crippen molar-refractivity contribution in [2.45, 2.75) is 53.6 Å². The van der Waals surface area contributed by atoms with Gasteiger partial charge in [0.25, 0.3) is 5.91 Å². The predicted molar refractivity (Wildman–Crippen MR) is 125 cm³/mol. The third kappa shape index (κ3) is 4.88. The molecule has 0 atom stereocenters. The Balaban J connectivity index is 1.81. The quantitative estimate of drug-likeness (QED) is 0.563. The molecule has 0 N–H and O–H groups in total. The molecule has 1 aliphatic rings. The molecule has 2 aromatic carbocycles. The topological polar surface area (TPSA) is 53.3 Å². The summed E-state index contributed by atoms with van der Waals surface area (Å²) in [7, 11) is 0. The first-order valence-electron chi connectivity index (χ1n) is 10.7. The van der Waals surface area contributed by atoms with Crippen LogP contribution in [0.5, 0.6) is 5.75 Å². The number of carbonyl (C=O) groups excluding carboxylic acids is 1. The molecule has 1 fully saturated rings. The molecule has 1 amide bonds. The van der Waals surface area contributed by atoms with Crippen molar-refractivity contribution < 1.29 is 9.53 Å². The van der Waals surface area contributed by atoms with Gasteiger partial charge in [0.05, 0.1) is 10.6 Å². The average Bonchev–Trinajstić information content (AvgIpc) is 2.69. The molecule has 0 aliphatic carbocycles. The minimum absolute atomic E-state index is 0.0522. The van der Waals surface area contributed by atoms with Crippen LogP contribution >= 0.6 is 11.6 Å². The Labute approximate surface area is 190 Å². The van der Waals surface area contributed by atoms with Crippen LogP contribution in [0.3, 0.4) is 0 Å². The lowest BCUT2D eigenvalue weighted by atomic mass is 9.68. The number of amides is 1. The Bertz CT molecular complexity index is 985. The molecule has 1 heterocycles. The number of hydrogen-bond acceptors (Lipinski definition) is 3.